The first kappa shape index (κ1) is 15.9. The van der Waals surface area contributed by atoms with Gasteiger partial charge in [0.15, 0.2) is 6.17 Å². The molecule has 0 fully saturated rings. The van der Waals surface area contributed by atoms with Crippen molar-refractivity contribution >= 4 is 17.5 Å². The molecule has 1 unspecified atom stereocenters. The van der Waals surface area contributed by atoms with Crippen molar-refractivity contribution in [2.75, 3.05) is 25.1 Å². The van der Waals surface area contributed by atoms with Gasteiger partial charge in [0.25, 0.3) is 0 Å². The lowest BCUT2D eigenvalue weighted by Crippen LogP contribution is -2.55. The first-order valence-corrected chi connectivity index (χ1v) is 8.96. The van der Waals surface area contributed by atoms with E-state index in [2.05, 4.69) is 90.5 Å². The summed E-state index contributed by atoms with van der Waals surface area (Å²) in [5, 5.41) is 11.8. The van der Waals surface area contributed by atoms with Crippen LogP contribution in [-0.4, -0.2) is 42.0 Å². The molecule has 25 heavy (non-hydrogen) atoms. The van der Waals surface area contributed by atoms with E-state index >= 15 is 0 Å². The zero-order valence-electron chi connectivity index (χ0n) is 15.1. The topological polar surface area (TPSA) is 22.1 Å². The van der Waals surface area contributed by atoms with Gasteiger partial charge in [0.05, 0.1) is 11.4 Å². The molecule has 0 radical (unpaired) electrons. The molecule has 0 N–H and O–H groups in total. The highest BCUT2D eigenvalue weighted by molar-refractivity contribution is 6.17. The molecule has 128 valence electrons. The Kier molecular flexibility index (Phi) is 4.06. The Morgan fingerprint density at radius 1 is 0.960 bits per heavy atom. The molecule has 4 nitrogen and oxygen atoms in total. The lowest BCUT2D eigenvalue weighted by molar-refractivity contribution is 0.179. The fourth-order valence-corrected chi connectivity index (χ4v) is 3.80. The van der Waals surface area contributed by atoms with Crippen LogP contribution in [0.25, 0.3) is 6.08 Å². The van der Waals surface area contributed by atoms with Crippen molar-refractivity contribution in [1.82, 2.24) is 10.0 Å². The van der Waals surface area contributed by atoms with Crippen molar-refractivity contribution < 1.29 is 0 Å². The molecule has 0 bridgehead atoms. The highest BCUT2D eigenvalue weighted by Gasteiger charge is 2.40. The summed E-state index contributed by atoms with van der Waals surface area (Å²) in [5.41, 5.74) is 6.00. The minimum atomic E-state index is 0.102. The third-order valence-corrected chi connectivity index (χ3v) is 4.97. The van der Waals surface area contributed by atoms with Crippen LogP contribution in [-0.2, 0) is 0 Å². The highest BCUT2D eigenvalue weighted by atomic mass is 15.7. The van der Waals surface area contributed by atoms with Crippen LogP contribution in [0.15, 0.2) is 65.3 Å². The van der Waals surface area contributed by atoms with Gasteiger partial charge in [0, 0.05) is 31.3 Å². The number of fused-ring (bicyclic) bond motifs is 2. The second kappa shape index (κ2) is 6.37. The van der Waals surface area contributed by atoms with Crippen molar-refractivity contribution in [3.05, 3.63) is 71.3 Å². The van der Waals surface area contributed by atoms with Gasteiger partial charge < -0.3 is 0 Å². The van der Waals surface area contributed by atoms with Gasteiger partial charge in [0.1, 0.15) is 0 Å². The molecule has 0 amide bonds. The Morgan fingerprint density at radius 2 is 1.64 bits per heavy atom. The highest BCUT2D eigenvalue weighted by Crippen LogP contribution is 2.39. The van der Waals surface area contributed by atoms with Gasteiger partial charge in [-0.15, -0.1) is 0 Å². The first-order chi connectivity index (χ1) is 12.2. The molecule has 0 aliphatic carbocycles. The lowest BCUT2D eigenvalue weighted by Gasteiger charge is -2.44. The third-order valence-electron chi connectivity index (χ3n) is 4.97. The van der Waals surface area contributed by atoms with Crippen LogP contribution in [0.2, 0.25) is 0 Å². The average Bonchev–Trinajstić information content (AvgIpc) is 2.99. The molecule has 2 aliphatic heterocycles. The summed E-state index contributed by atoms with van der Waals surface area (Å²) in [6.07, 6.45) is 2.40. The average molecular weight is 332 g/mol. The van der Waals surface area contributed by atoms with E-state index in [1.807, 2.05) is 6.07 Å². The number of benzene rings is 2. The van der Waals surface area contributed by atoms with Gasteiger partial charge in [-0.25, -0.2) is 5.01 Å². The third kappa shape index (κ3) is 2.53. The predicted octanol–water partition coefficient (Wildman–Crippen LogP) is 3.82. The van der Waals surface area contributed by atoms with Crippen LogP contribution in [0.5, 0.6) is 0 Å². The number of hydrazine groups is 1. The maximum Gasteiger partial charge on any atom is 0.160 e. The summed E-state index contributed by atoms with van der Waals surface area (Å²) in [7, 11) is 2.07. The van der Waals surface area contributed by atoms with E-state index < -0.39 is 0 Å². The SMILES string of the molecule is CCN(CC)N1c2ccccc2C=C2C(c3ccccc3)=NN(C)C21. The minimum Gasteiger partial charge on any atom is -0.277 e. The maximum absolute atomic E-state index is 4.90. The van der Waals surface area contributed by atoms with Crippen molar-refractivity contribution in [3.8, 4) is 0 Å². The molecular formula is C21H24N4. The molecule has 0 aromatic heterocycles. The van der Waals surface area contributed by atoms with Crippen LogP contribution >= 0.6 is 0 Å². The Labute approximate surface area is 149 Å². The molecule has 0 saturated carbocycles. The summed E-state index contributed by atoms with van der Waals surface area (Å²) in [4.78, 5) is 0. The number of rotatable bonds is 4. The Hall–Kier alpha value is -2.59. The molecule has 2 aliphatic rings. The van der Waals surface area contributed by atoms with E-state index in [-0.39, 0.29) is 6.17 Å². The number of hydrazone groups is 1. The Bertz CT molecular complexity index is 821. The number of likely N-dealkylation sites (N-methyl/N-ethyl adjacent to an activating group) is 1. The Balaban J connectivity index is 1.87. The van der Waals surface area contributed by atoms with Crippen LogP contribution in [0.3, 0.4) is 0 Å². The van der Waals surface area contributed by atoms with E-state index in [9.17, 15) is 0 Å². The van der Waals surface area contributed by atoms with Crippen molar-refractivity contribution in [2.45, 2.75) is 20.0 Å². The summed E-state index contributed by atoms with van der Waals surface area (Å²) >= 11 is 0. The number of hydrogen-bond donors (Lipinski definition) is 0. The standard InChI is InChI=1S/C21H24N4/c1-4-24(5-2)25-19-14-10-9-13-17(19)15-18-20(22-23(3)21(18)25)16-11-7-6-8-12-16/h6-15,21H,4-5H2,1-3H3. The van der Waals surface area contributed by atoms with E-state index in [0.717, 1.165) is 18.8 Å². The van der Waals surface area contributed by atoms with Gasteiger partial charge in [-0.05, 0) is 17.7 Å². The number of hydrogen-bond acceptors (Lipinski definition) is 4. The van der Waals surface area contributed by atoms with Gasteiger partial charge in [-0.1, -0.05) is 62.4 Å². The van der Waals surface area contributed by atoms with Gasteiger partial charge >= 0.3 is 0 Å². The van der Waals surface area contributed by atoms with Crippen LogP contribution < -0.4 is 5.01 Å². The fraction of sp³-hybridized carbons (Fsp3) is 0.286. The largest absolute Gasteiger partial charge is 0.277 e. The molecule has 4 rings (SSSR count). The van der Waals surface area contributed by atoms with E-state index in [1.54, 1.807) is 0 Å². The summed E-state index contributed by atoms with van der Waals surface area (Å²) < 4.78 is 0. The summed E-state index contributed by atoms with van der Waals surface area (Å²) in [6, 6.07) is 19.1. The van der Waals surface area contributed by atoms with Gasteiger partial charge in [-0.3, -0.25) is 10.0 Å². The number of anilines is 1. The van der Waals surface area contributed by atoms with Crippen molar-refractivity contribution in [1.29, 1.82) is 0 Å². The summed E-state index contributed by atoms with van der Waals surface area (Å²) in [6.45, 7) is 6.34. The molecule has 4 heteroatoms. The molecule has 2 aromatic carbocycles. The smallest absolute Gasteiger partial charge is 0.160 e. The fourth-order valence-electron chi connectivity index (χ4n) is 3.80. The molecule has 0 saturated heterocycles. The molecule has 0 spiro atoms. The molecule has 1 atom stereocenters. The Morgan fingerprint density at radius 3 is 2.36 bits per heavy atom. The second-order valence-corrected chi connectivity index (χ2v) is 6.40. The normalized spacial score (nSPS) is 18.8. The zero-order chi connectivity index (χ0) is 17.4. The quantitative estimate of drug-likeness (QED) is 0.850. The number of para-hydroxylation sites is 1. The van der Waals surface area contributed by atoms with Crippen LogP contribution in [0.4, 0.5) is 5.69 Å². The van der Waals surface area contributed by atoms with Crippen molar-refractivity contribution in [2.24, 2.45) is 5.10 Å². The second-order valence-electron chi connectivity index (χ2n) is 6.40. The maximum atomic E-state index is 4.90. The first-order valence-electron chi connectivity index (χ1n) is 8.96. The zero-order valence-corrected chi connectivity index (χ0v) is 15.1. The minimum absolute atomic E-state index is 0.102. The van der Waals surface area contributed by atoms with Crippen LogP contribution in [0.1, 0.15) is 25.0 Å². The summed E-state index contributed by atoms with van der Waals surface area (Å²) in [5.74, 6) is 0. The van der Waals surface area contributed by atoms with E-state index in [0.29, 0.717) is 0 Å². The monoisotopic (exact) mass is 332 g/mol. The molecular weight excluding hydrogens is 308 g/mol. The van der Waals surface area contributed by atoms with Crippen LogP contribution in [0, 0.1) is 0 Å². The van der Waals surface area contributed by atoms with Gasteiger partial charge in [0.2, 0.25) is 0 Å². The van der Waals surface area contributed by atoms with E-state index in [4.69, 9.17) is 5.10 Å². The molecule has 2 heterocycles. The number of nitrogens with zero attached hydrogens (tertiary/aromatic N) is 4. The van der Waals surface area contributed by atoms with Crippen molar-refractivity contribution in [3.63, 3.8) is 0 Å². The predicted molar refractivity (Wildman–Crippen MR) is 104 cm³/mol. The lowest BCUT2D eigenvalue weighted by atomic mass is 9.94. The van der Waals surface area contributed by atoms with Gasteiger partial charge in [-0.2, -0.15) is 5.10 Å². The van der Waals surface area contributed by atoms with E-state index in [1.165, 1.54) is 22.4 Å². The molecule has 2 aromatic rings.